The fourth-order valence-electron chi connectivity index (χ4n) is 1.95. The maximum Gasteiger partial charge on any atom is 0.243 e. The molecule has 0 amide bonds. The Morgan fingerprint density at radius 2 is 2.15 bits per heavy atom. The third-order valence-electron chi connectivity index (χ3n) is 2.97. The standard InChI is InChI=1S/C12H17N5O2S/c1-3-17-8-14-16-11(17)7-15-20(18,19)12-9(2)5-4-6-10(12)13/h4-6,8,15H,3,7,13H2,1-2H3. The number of aromatic nitrogens is 3. The quantitative estimate of drug-likeness (QED) is 0.789. The molecule has 0 atom stereocenters. The van der Waals surface area contributed by atoms with E-state index in [4.69, 9.17) is 5.73 Å². The summed E-state index contributed by atoms with van der Waals surface area (Å²) in [7, 11) is -3.68. The van der Waals surface area contributed by atoms with Gasteiger partial charge in [-0.2, -0.15) is 0 Å². The highest BCUT2D eigenvalue weighted by atomic mass is 32.2. The Morgan fingerprint density at radius 1 is 1.40 bits per heavy atom. The monoisotopic (exact) mass is 295 g/mol. The van der Waals surface area contributed by atoms with Crippen LogP contribution in [0, 0.1) is 6.92 Å². The summed E-state index contributed by atoms with van der Waals surface area (Å²) in [6.45, 7) is 4.39. The first-order chi connectivity index (χ1) is 9.45. The van der Waals surface area contributed by atoms with E-state index in [2.05, 4.69) is 14.9 Å². The Kier molecular flexibility index (Phi) is 4.05. The van der Waals surface area contributed by atoms with E-state index in [0.29, 0.717) is 17.9 Å². The van der Waals surface area contributed by atoms with E-state index in [9.17, 15) is 8.42 Å². The van der Waals surface area contributed by atoms with E-state index < -0.39 is 10.0 Å². The Morgan fingerprint density at radius 3 is 2.80 bits per heavy atom. The predicted octanol–water partition coefficient (Wildman–Crippen LogP) is 0.667. The molecule has 0 saturated heterocycles. The number of aryl methyl sites for hydroxylation is 2. The van der Waals surface area contributed by atoms with Gasteiger partial charge in [-0.05, 0) is 25.5 Å². The van der Waals surface area contributed by atoms with Crippen LogP contribution < -0.4 is 10.5 Å². The topological polar surface area (TPSA) is 103 Å². The summed E-state index contributed by atoms with van der Waals surface area (Å²) in [6.07, 6.45) is 1.56. The number of nitrogens with one attached hydrogen (secondary N) is 1. The van der Waals surface area contributed by atoms with Gasteiger partial charge in [-0.25, -0.2) is 13.1 Å². The molecule has 0 radical (unpaired) electrons. The Balaban J connectivity index is 2.24. The SMILES string of the molecule is CCn1cnnc1CNS(=O)(=O)c1c(C)cccc1N. The normalized spacial score (nSPS) is 11.7. The number of nitrogens with zero attached hydrogens (tertiary/aromatic N) is 3. The van der Waals surface area contributed by atoms with Crippen molar-refractivity contribution in [1.82, 2.24) is 19.5 Å². The first-order valence-electron chi connectivity index (χ1n) is 6.17. The molecule has 1 aromatic carbocycles. The number of hydrogen-bond acceptors (Lipinski definition) is 5. The van der Waals surface area contributed by atoms with Gasteiger partial charge in [0.05, 0.1) is 12.2 Å². The maximum atomic E-state index is 12.3. The van der Waals surface area contributed by atoms with Crippen LogP contribution in [0.5, 0.6) is 0 Å². The van der Waals surface area contributed by atoms with Crippen molar-refractivity contribution >= 4 is 15.7 Å². The fourth-order valence-corrected chi connectivity index (χ4v) is 3.29. The molecule has 2 aromatic rings. The molecule has 7 nitrogen and oxygen atoms in total. The van der Waals surface area contributed by atoms with E-state index in [1.165, 1.54) is 0 Å². The number of rotatable bonds is 5. The Bertz CT molecular complexity index is 688. The average molecular weight is 295 g/mol. The average Bonchev–Trinajstić information content (AvgIpc) is 2.83. The van der Waals surface area contributed by atoms with E-state index in [0.717, 1.165) is 0 Å². The van der Waals surface area contributed by atoms with Crippen LogP contribution in [0.4, 0.5) is 5.69 Å². The van der Waals surface area contributed by atoms with Crippen molar-refractivity contribution < 1.29 is 8.42 Å². The van der Waals surface area contributed by atoms with Gasteiger partial charge in [0.25, 0.3) is 0 Å². The van der Waals surface area contributed by atoms with Crippen LogP contribution in [0.1, 0.15) is 18.3 Å². The Labute approximate surface area is 117 Å². The minimum atomic E-state index is -3.68. The lowest BCUT2D eigenvalue weighted by Gasteiger charge is -2.11. The van der Waals surface area contributed by atoms with Gasteiger partial charge in [-0.1, -0.05) is 12.1 Å². The summed E-state index contributed by atoms with van der Waals surface area (Å²) < 4.78 is 28.9. The minimum Gasteiger partial charge on any atom is -0.398 e. The predicted molar refractivity (Wildman–Crippen MR) is 75.3 cm³/mol. The van der Waals surface area contributed by atoms with Gasteiger partial charge in [0, 0.05) is 6.54 Å². The summed E-state index contributed by atoms with van der Waals surface area (Å²) >= 11 is 0. The molecule has 0 aliphatic carbocycles. The fraction of sp³-hybridized carbons (Fsp3) is 0.333. The lowest BCUT2D eigenvalue weighted by Crippen LogP contribution is -2.26. The number of hydrogen-bond donors (Lipinski definition) is 2. The highest BCUT2D eigenvalue weighted by molar-refractivity contribution is 7.89. The number of sulfonamides is 1. The summed E-state index contributed by atoms with van der Waals surface area (Å²) in [4.78, 5) is 0.113. The van der Waals surface area contributed by atoms with Gasteiger partial charge in [0.15, 0.2) is 0 Å². The van der Waals surface area contributed by atoms with E-state index in [1.807, 2.05) is 6.92 Å². The lowest BCUT2D eigenvalue weighted by atomic mass is 10.2. The minimum absolute atomic E-state index is 0.0734. The molecule has 0 aliphatic heterocycles. The molecule has 0 spiro atoms. The molecule has 0 bridgehead atoms. The lowest BCUT2D eigenvalue weighted by molar-refractivity contribution is 0.575. The highest BCUT2D eigenvalue weighted by Gasteiger charge is 2.20. The molecule has 8 heteroatoms. The third kappa shape index (κ3) is 2.81. The molecule has 1 aromatic heterocycles. The van der Waals surface area contributed by atoms with Crippen molar-refractivity contribution in [2.24, 2.45) is 0 Å². The zero-order valence-corrected chi connectivity index (χ0v) is 12.2. The summed E-state index contributed by atoms with van der Waals surface area (Å²) in [5, 5.41) is 7.64. The van der Waals surface area contributed by atoms with Gasteiger partial charge < -0.3 is 10.3 Å². The number of benzene rings is 1. The van der Waals surface area contributed by atoms with Crippen LogP contribution in [0.3, 0.4) is 0 Å². The van der Waals surface area contributed by atoms with Crippen LogP contribution in [-0.4, -0.2) is 23.2 Å². The van der Waals surface area contributed by atoms with Crippen LogP contribution in [0.15, 0.2) is 29.4 Å². The van der Waals surface area contributed by atoms with Crippen LogP contribution in [-0.2, 0) is 23.1 Å². The van der Waals surface area contributed by atoms with Crippen LogP contribution in [0.2, 0.25) is 0 Å². The second kappa shape index (κ2) is 5.59. The van der Waals surface area contributed by atoms with Gasteiger partial charge in [-0.3, -0.25) is 0 Å². The van der Waals surface area contributed by atoms with Gasteiger partial charge in [-0.15, -0.1) is 10.2 Å². The molecule has 0 fully saturated rings. The van der Waals surface area contributed by atoms with Crippen molar-refractivity contribution in [3.05, 3.63) is 35.9 Å². The zero-order valence-electron chi connectivity index (χ0n) is 11.4. The van der Waals surface area contributed by atoms with Crippen molar-refractivity contribution in [2.45, 2.75) is 31.8 Å². The third-order valence-corrected chi connectivity index (χ3v) is 4.59. The molecular formula is C12H17N5O2S. The molecule has 0 saturated carbocycles. The first-order valence-corrected chi connectivity index (χ1v) is 7.65. The van der Waals surface area contributed by atoms with Gasteiger partial charge >= 0.3 is 0 Å². The van der Waals surface area contributed by atoms with E-state index >= 15 is 0 Å². The van der Waals surface area contributed by atoms with Crippen LogP contribution in [0.25, 0.3) is 0 Å². The first kappa shape index (κ1) is 14.5. The zero-order chi connectivity index (χ0) is 14.8. The molecule has 1 heterocycles. The largest absolute Gasteiger partial charge is 0.398 e. The van der Waals surface area contributed by atoms with E-state index in [-0.39, 0.29) is 17.1 Å². The number of anilines is 1. The molecular weight excluding hydrogens is 278 g/mol. The smallest absolute Gasteiger partial charge is 0.243 e. The molecule has 108 valence electrons. The van der Waals surface area contributed by atoms with Crippen LogP contribution >= 0.6 is 0 Å². The molecule has 20 heavy (non-hydrogen) atoms. The molecule has 0 aliphatic rings. The number of nitrogens with two attached hydrogens (primary N) is 1. The second-order valence-corrected chi connectivity index (χ2v) is 6.05. The van der Waals surface area contributed by atoms with Crippen molar-refractivity contribution in [3.63, 3.8) is 0 Å². The molecule has 2 rings (SSSR count). The number of nitrogen functional groups attached to an aromatic ring is 1. The van der Waals surface area contributed by atoms with Gasteiger partial charge in [0.2, 0.25) is 10.0 Å². The van der Waals surface area contributed by atoms with Gasteiger partial charge in [0.1, 0.15) is 17.0 Å². The van der Waals surface area contributed by atoms with Crippen molar-refractivity contribution in [2.75, 3.05) is 5.73 Å². The summed E-state index contributed by atoms with van der Waals surface area (Å²) in [5.74, 6) is 0.559. The maximum absolute atomic E-state index is 12.3. The van der Waals surface area contributed by atoms with E-state index in [1.54, 1.807) is 36.0 Å². The Hall–Kier alpha value is -1.93. The molecule has 0 unspecified atom stereocenters. The highest BCUT2D eigenvalue weighted by Crippen LogP contribution is 2.22. The summed E-state index contributed by atoms with van der Waals surface area (Å²) in [5.41, 5.74) is 6.60. The summed E-state index contributed by atoms with van der Waals surface area (Å²) in [6, 6.07) is 4.99. The van der Waals surface area contributed by atoms with Crippen molar-refractivity contribution in [1.29, 1.82) is 0 Å². The molecule has 3 N–H and O–H groups in total. The second-order valence-electron chi connectivity index (χ2n) is 4.35. The van der Waals surface area contributed by atoms with Crippen molar-refractivity contribution in [3.8, 4) is 0 Å².